The molecule has 2 rings (SSSR count). The maximum atomic E-state index is 6.24. The molecule has 3 heteroatoms. The number of nitrogens with two attached hydrogens (primary N) is 1. The van der Waals surface area contributed by atoms with Crippen LogP contribution < -0.4 is 10.5 Å². The summed E-state index contributed by atoms with van der Waals surface area (Å²) < 4.78 is 5.14. The van der Waals surface area contributed by atoms with Gasteiger partial charge in [0.05, 0.1) is 12.1 Å². The summed E-state index contributed by atoms with van der Waals surface area (Å²) in [5, 5.41) is 0.683. The van der Waals surface area contributed by atoms with E-state index in [1.165, 1.54) is 0 Å². The van der Waals surface area contributed by atoms with Gasteiger partial charge in [-0.15, -0.1) is 0 Å². The molecule has 2 N–H and O–H groups in total. The van der Waals surface area contributed by atoms with Gasteiger partial charge < -0.3 is 10.5 Å². The van der Waals surface area contributed by atoms with Crippen LogP contribution in [0.4, 0.5) is 0 Å². The van der Waals surface area contributed by atoms with Crippen molar-refractivity contribution >= 4 is 11.6 Å². The fourth-order valence-corrected chi connectivity index (χ4v) is 2.10. The third kappa shape index (κ3) is 2.66. The lowest BCUT2D eigenvalue weighted by Gasteiger charge is -2.09. The van der Waals surface area contributed by atoms with Crippen LogP contribution in [0.15, 0.2) is 42.5 Å². The zero-order valence-electron chi connectivity index (χ0n) is 10.5. The normalized spacial score (nSPS) is 12.2. The monoisotopic (exact) mass is 261 g/mol. The molecule has 0 fully saturated rings. The summed E-state index contributed by atoms with van der Waals surface area (Å²) in [6.07, 6.45) is 0. The van der Waals surface area contributed by atoms with Crippen molar-refractivity contribution in [3.05, 3.63) is 53.1 Å². The lowest BCUT2D eigenvalue weighted by molar-refractivity contribution is 0.415. The minimum atomic E-state index is 0.0467. The molecule has 1 atom stereocenters. The molecule has 2 aromatic carbocycles. The first-order valence-electron chi connectivity index (χ1n) is 5.81. The van der Waals surface area contributed by atoms with Crippen LogP contribution in [0, 0.1) is 0 Å². The van der Waals surface area contributed by atoms with Gasteiger partial charge >= 0.3 is 0 Å². The van der Waals surface area contributed by atoms with E-state index in [-0.39, 0.29) is 6.04 Å². The molecule has 94 valence electrons. The molecular formula is C15H16ClNO. The first-order chi connectivity index (χ1) is 8.61. The molecule has 0 saturated heterocycles. The number of methoxy groups -OCH3 is 1. The minimum absolute atomic E-state index is 0.0467. The Balaban J connectivity index is 2.36. The second kappa shape index (κ2) is 5.42. The molecular weight excluding hydrogens is 246 g/mol. The van der Waals surface area contributed by atoms with Crippen molar-refractivity contribution in [3.8, 4) is 16.9 Å². The first kappa shape index (κ1) is 12.9. The number of benzene rings is 2. The highest BCUT2D eigenvalue weighted by Gasteiger charge is 2.06. The van der Waals surface area contributed by atoms with Crippen molar-refractivity contribution < 1.29 is 4.74 Å². The second-order valence-electron chi connectivity index (χ2n) is 4.26. The first-order valence-corrected chi connectivity index (χ1v) is 6.19. The van der Waals surface area contributed by atoms with Gasteiger partial charge in [0.2, 0.25) is 0 Å². The smallest absolute Gasteiger partial charge is 0.120 e. The van der Waals surface area contributed by atoms with Crippen molar-refractivity contribution in [2.75, 3.05) is 7.11 Å². The van der Waals surface area contributed by atoms with Gasteiger partial charge in [-0.2, -0.15) is 0 Å². The van der Waals surface area contributed by atoms with Gasteiger partial charge in [0.1, 0.15) is 5.75 Å². The molecule has 0 aliphatic carbocycles. The zero-order valence-corrected chi connectivity index (χ0v) is 11.2. The molecule has 0 amide bonds. The van der Waals surface area contributed by atoms with Crippen molar-refractivity contribution in [1.29, 1.82) is 0 Å². The van der Waals surface area contributed by atoms with Gasteiger partial charge in [0.25, 0.3) is 0 Å². The highest BCUT2D eigenvalue weighted by atomic mass is 35.5. The summed E-state index contributed by atoms with van der Waals surface area (Å²) in [7, 11) is 1.63. The van der Waals surface area contributed by atoms with Crippen molar-refractivity contribution in [1.82, 2.24) is 0 Å². The third-order valence-electron chi connectivity index (χ3n) is 2.92. The van der Waals surface area contributed by atoms with Crippen LogP contribution >= 0.6 is 11.6 Å². The fraction of sp³-hybridized carbons (Fsp3) is 0.200. The van der Waals surface area contributed by atoms with Crippen molar-refractivity contribution in [3.63, 3.8) is 0 Å². The number of rotatable bonds is 3. The number of hydrogen-bond donors (Lipinski definition) is 1. The summed E-state index contributed by atoms with van der Waals surface area (Å²) in [6.45, 7) is 1.97. The molecule has 0 radical (unpaired) electrons. The Bertz CT molecular complexity index is 535. The molecule has 1 unspecified atom stereocenters. The minimum Gasteiger partial charge on any atom is -0.497 e. The molecule has 0 aromatic heterocycles. The van der Waals surface area contributed by atoms with E-state index in [9.17, 15) is 0 Å². The predicted molar refractivity (Wildman–Crippen MR) is 76.0 cm³/mol. The quantitative estimate of drug-likeness (QED) is 0.905. The summed E-state index contributed by atoms with van der Waals surface area (Å²) in [5.41, 5.74) is 9.01. The number of ether oxygens (including phenoxy) is 1. The van der Waals surface area contributed by atoms with Gasteiger partial charge in [0, 0.05) is 11.6 Å². The van der Waals surface area contributed by atoms with E-state index >= 15 is 0 Å². The molecule has 0 aliphatic rings. The van der Waals surface area contributed by atoms with E-state index in [0.29, 0.717) is 5.02 Å². The molecule has 0 heterocycles. The largest absolute Gasteiger partial charge is 0.497 e. The Kier molecular flexibility index (Phi) is 3.90. The molecule has 18 heavy (non-hydrogen) atoms. The zero-order chi connectivity index (χ0) is 13.1. The molecule has 0 bridgehead atoms. The van der Waals surface area contributed by atoms with E-state index in [0.717, 1.165) is 22.4 Å². The Labute approximate surface area is 112 Å². The fourth-order valence-electron chi connectivity index (χ4n) is 1.82. The predicted octanol–water partition coefficient (Wildman–Crippen LogP) is 4.04. The van der Waals surface area contributed by atoms with Crippen LogP contribution in [-0.4, -0.2) is 7.11 Å². The van der Waals surface area contributed by atoms with E-state index < -0.39 is 0 Å². The second-order valence-corrected chi connectivity index (χ2v) is 4.66. The molecule has 0 spiro atoms. The van der Waals surface area contributed by atoms with Crippen LogP contribution in [-0.2, 0) is 0 Å². The lowest BCUT2D eigenvalue weighted by atomic mass is 10.0. The number of hydrogen-bond acceptors (Lipinski definition) is 2. The van der Waals surface area contributed by atoms with Crippen LogP contribution in [0.3, 0.4) is 0 Å². The Morgan fingerprint density at radius 2 is 1.78 bits per heavy atom. The Morgan fingerprint density at radius 1 is 1.11 bits per heavy atom. The van der Waals surface area contributed by atoms with Crippen LogP contribution in [0.2, 0.25) is 5.02 Å². The van der Waals surface area contributed by atoms with E-state index in [4.69, 9.17) is 22.1 Å². The topological polar surface area (TPSA) is 35.2 Å². The summed E-state index contributed by atoms with van der Waals surface area (Å²) >= 11 is 6.24. The van der Waals surface area contributed by atoms with Crippen molar-refractivity contribution in [2.45, 2.75) is 13.0 Å². The maximum absolute atomic E-state index is 6.24. The van der Waals surface area contributed by atoms with Crippen LogP contribution in [0.5, 0.6) is 5.75 Å². The lowest BCUT2D eigenvalue weighted by Crippen LogP contribution is -2.04. The van der Waals surface area contributed by atoms with Crippen LogP contribution in [0.1, 0.15) is 18.5 Å². The maximum Gasteiger partial charge on any atom is 0.120 e. The van der Waals surface area contributed by atoms with Gasteiger partial charge in [-0.25, -0.2) is 0 Å². The van der Waals surface area contributed by atoms with E-state index in [1.54, 1.807) is 7.11 Å². The highest BCUT2D eigenvalue weighted by Crippen LogP contribution is 2.31. The molecule has 0 aliphatic heterocycles. The van der Waals surface area contributed by atoms with E-state index in [2.05, 4.69) is 0 Å². The standard InChI is InChI=1S/C15H16ClNO/c1-10(17)11-3-5-12(6-4-11)14-8-7-13(18-2)9-15(14)16/h3-10H,17H2,1-2H3. The third-order valence-corrected chi connectivity index (χ3v) is 3.24. The average Bonchev–Trinajstić information content (AvgIpc) is 2.38. The summed E-state index contributed by atoms with van der Waals surface area (Å²) in [5.74, 6) is 0.760. The Hall–Kier alpha value is -1.51. The summed E-state index contributed by atoms with van der Waals surface area (Å²) in [4.78, 5) is 0. The highest BCUT2D eigenvalue weighted by molar-refractivity contribution is 6.33. The van der Waals surface area contributed by atoms with E-state index in [1.807, 2.05) is 49.4 Å². The molecule has 2 aromatic rings. The van der Waals surface area contributed by atoms with Gasteiger partial charge in [0.15, 0.2) is 0 Å². The SMILES string of the molecule is COc1ccc(-c2ccc(C(C)N)cc2)c(Cl)c1. The van der Waals surface area contributed by atoms with Gasteiger partial charge in [-0.1, -0.05) is 35.9 Å². The van der Waals surface area contributed by atoms with Gasteiger partial charge in [-0.3, -0.25) is 0 Å². The molecule has 2 nitrogen and oxygen atoms in total. The van der Waals surface area contributed by atoms with Crippen LogP contribution in [0.25, 0.3) is 11.1 Å². The Morgan fingerprint density at radius 3 is 2.28 bits per heavy atom. The van der Waals surface area contributed by atoms with Crippen molar-refractivity contribution in [2.24, 2.45) is 5.73 Å². The average molecular weight is 262 g/mol. The summed E-state index contributed by atoms with van der Waals surface area (Å²) in [6, 6.07) is 13.9. The molecule has 0 saturated carbocycles. The number of halogens is 1. The van der Waals surface area contributed by atoms with Gasteiger partial charge in [-0.05, 0) is 36.2 Å².